The van der Waals surface area contributed by atoms with Crippen molar-refractivity contribution < 1.29 is 19.6 Å². The SMILES string of the molecule is CC(C)C[C@H](NC(=O)[C@H](Cc1c[nH]c2ccccc12)NC(=O)CC1CC1)B(O)O. The summed E-state index contributed by atoms with van der Waals surface area (Å²) in [4.78, 5) is 28.6. The third-order valence-electron chi connectivity index (χ3n) is 5.33. The smallest absolute Gasteiger partial charge is 0.426 e. The Labute approximate surface area is 171 Å². The predicted molar refractivity (Wildman–Crippen MR) is 113 cm³/mol. The first kappa shape index (κ1) is 21.4. The zero-order chi connectivity index (χ0) is 21.0. The van der Waals surface area contributed by atoms with Crippen LogP contribution in [0, 0.1) is 11.8 Å². The number of H-pyrrole nitrogens is 1. The molecule has 1 heterocycles. The number of rotatable bonds is 10. The molecule has 0 aliphatic heterocycles. The van der Waals surface area contributed by atoms with Crippen molar-refractivity contribution >= 4 is 29.8 Å². The van der Waals surface area contributed by atoms with Crippen LogP contribution in [0.15, 0.2) is 30.5 Å². The van der Waals surface area contributed by atoms with E-state index in [1.807, 2.05) is 44.3 Å². The summed E-state index contributed by atoms with van der Waals surface area (Å²) in [6.07, 6.45) is 5.14. The minimum atomic E-state index is -1.66. The van der Waals surface area contributed by atoms with Crippen molar-refractivity contribution in [2.24, 2.45) is 11.8 Å². The Kier molecular flexibility index (Phi) is 6.98. The molecule has 0 spiro atoms. The molecule has 29 heavy (non-hydrogen) atoms. The van der Waals surface area contributed by atoms with E-state index in [0.29, 0.717) is 25.2 Å². The van der Waals surface area contributed by atoms with Gasteiger partial charge in [0.25, 0.3) is 0 Å². The van der Waals surface area contributed by atoms with Crippen molar-refractivity contribution in [3.8, 4) is 0 Å². The van der Waals surface area contributed by atoms with Gasteiger partial charge in [0, 0.05) is 29.9 Å². The molecule has 2 aromatic rings. The summed E-state index contributed by atoms with van der Waals surface area (Å²) < 4.78 is 0. The van der Waals surface area contributed by atoms with Crippen molar-refractivity contribution in [1.29, 1.82) is 0 Å². The molecule has 1 aliphatic rings. The van der Waals surface area contributed by atoms with Gasteiger partial charge in [-0.05, 0) is 42.7 Å². The molecule has 2 amide bonds. The molecule has 0 saturated heterocycles. The molecule has 7 nitrogen and oxygen atoms in total. The molecule has 8 heteroatoms. The summed E-state index contributed by atoms with van der Waals surface area (Å²) in [5, 5.41) is 25.9. The summed E-state index contributed by atoms with van der Waals surface area (Å²) in [6.45, 7) is 3.89. The van der Waals surface area contributed by atoms with E-state index in [1.165, 1.54) is 0 Å². The third kappa shape index (κ3) is 6.08. The van der Waals surface area contributed by atoms with Crippen LogP contribution in [0.5, 0.6) is 0 Å². The Hall–Kier alpha value is -2.32. The number of hydrogen-bond acceptors (Lipinski definition) is 4. The molecular weight excluding hydrogens is 369 g/mol. The highest BCUT2D eigenvalue weighted by molar-refractivity contribution is 6.43. The normalized spacial score (nSPS) is 15.9. The van der Waals surface area contributed by atoms with E-state index in [1.54, 1.807) is 0 Å². The van der Waals surface area contributed by atoms with E-state index in [4.69, 9.17) is 0 Å². The number of carbonyl (C=O) groups excluding carboxylic acids is 2. The van der Waals surface area contributed by atoms with E-state index in [9.17, 15) is 19.6 Å². The standard InChI is InChI=1S/C21H30BN3O4/c1-13(2)9-19(22(28)29)25-21(27)18(24-20(26)10-14-7-8-14)11-15-12-23-17-6-4-3-5-16(15)17/h3-6,12-14,18-19,23,28-29H,7-11H2,1-2H3,(H,24,26)(H,25,27)/t18-,19-/m0/s1. The van der Waals surface area contributed by atoms with Gasteiger partial charge in [-0.1, -0.05) is 32.0 Å². The van der Waals surface area contributed by atoms with Crippen molar-refractivity contribution in [2.45, 2.75) is 57.9 Å². The summed E-state index contributed by atoms with van der Waals surface area (Å²) in [5.41, 5.74) is 1.90. The fraction of sp³-hybridized carbons (Fsp3) is 0.524. The Morgan fingerprint density at radius 2 is 1.93 bits per heavy atom. The number of carbonyl (C=O) groups is 2. The summed E-state index contributed by atoms with van der Waals surface area (Å²) in [5.74, 6) is -0.734. The molecule has 0 radical (unpaired) electrons. The van der Waals surface area contributed by atoms with E-state index < -0.39 is 25.0 Å². The largest absolute Gasteiger partial charge is 0.475 e. The van der Waals surface area contributed by atoms with Crippen LogP contribution in [0.1, 0.15) is 45.1 Å². The number of fused-ring (bicyclic) bond motifs is 1. The van der Waals surface area contributed by atoms with Crippen LogP contribution in [0.2, 0.25) is 0 Å². The molecular formula is C21H30BN3O4. The molecule has 1 aromatic carbocycles. The Morgan fingerprint density at radius 1 is 1.21 bits per heavy atom. The van der Waals surface area contributed by atoms with Gasteiger partial charge in [0.1, 0.15) is 6.04 Å². The second-order valence-corrected chi connectivity index (χ2v) is 8.49. The van der Waals surface area contributed by atoms with Crippen LogP contribution in [0.25, 0.3) is 10.9 Å². The highest BCUT2D eigenvalue weighted by atomic mass is 16.4. The number of para-hydroxylation sites is 1. The maximum Gasteiger partial charge on any atom is 0.475 e. The van der Waals surface area contributed by atoms with Crippen LogP contribution in [-0.4, -0.2) is 45.9 Å². The average Bonchev–Trinajstić information content (AvgIpc) is 3.38. The molecule has 5 N–H and O–H groups in total. The Morgan fingerprint density at radius 3 is 2.59 bits per heavy atom. The number of hydrogen-bond donors (Lipinski definition) is 5. The Balaban J connectivity index is 1.75. The maximum atomic E-state index is 13.0. The minimum Gasteiger partial charge on any atom is -0.426 e. The molecule has 156 valence electrons. The van der Waals surface area contributed by atoms with Gasteiger partial charge >= 0.3 is 7.12 Å². The molecule has 0 unspecified atom stereocenters. The highest BCUT2D eigenvalue weighted by Crippen LogP contribution is 2.32. The molecule has 1 aromatic heterocycles. The number of amides is 2. The first-order chi connectivity index (χ1) is 13.8. The third-order valence-corrected chi connectivity index (χ3v) is 5.33. The molecule has 1 aliphatic carbocycles. The Bertz CT molecular complexity index is 847. The number of nitrogens with one attached hydrogen (secondary N) is 3. The first-order valence-electron chi connectivity index (χ1n) is 10.3. The molecule has 1 fully saturated rings. The molecule has 3 rings (SSSR count). The van der Waals surface area contributed by atoms with Crippen molar-refractivity contribution in [3.63, 3.8) is 0 Å². The van der Waals surface area contributed by atoms with E-state index in [0.717, 1.165) is 29.3 Å². The van der Waals surface area contributed by atoms with E-state index >= 15 is 0 Å². The summed E-state index contributed by atoms with van der Waals surface area (Å²) in [7, 11) is -1.66. The monoisotopic (exact) mass is 399 g/mol. The van der Waals surface area contributed by atoms with Gasteiger partial charge in [-0.2, -0.15) is 0 Å². The fourth-order valence-electron chi connectivity index (χ4n) is 3.61. The van der Waals surface area contributed by atoms with Crippen molar-refractivity contribution in [2.75, 3.05) is 0 Å². The number of aromatic amines is 1. The number of benzene rings is 1. The van der Waals surface area contributed by atoms with Gasteiger partial charge in [0.2, 0.25) is 11.8 Å². The highest BCUT2D eigenvalue weighted by Gasteiger charge is 2.31. The zero-order valence-electron chi connectivity index (χ0n) is 17.0. The zero-order valence-corrected chi connectivity index (χ0v) is 17.0. The van der Waals surface area contributed by atoms with Gasteiger partial charge in [0.05, 0.1) is 5.94 Å². The van der Waals surface area contributed by atoms with Crippen LogP contribution in [-0.2, 0) is 16.0 Å². The first-order valence-corrected chi connectivity index (χ1v) is 10.3. The number of aromatic nitrogens is 1. The quantitative estimate of drug-likeness (QED) is 0.390. The second kappa shape index (κ2) is 9.46. The van der Waals surface area contributed by atoms with Crippen LogP contribution < -0.4 is 10.6 Å². The lowest BCUT2D eigenvalue weighted by atomic mass is 9.75. The topological polar surface area (TPSA) is 114 Å². The minimum absolute atomic E-state index is 0.141. The average molecular weight is 399 g/mol. The van der Waals surface area contributed by atoms with Gasteiger partial charge in [-0.3, -0.25) is 9.59 Å². The summed E-state index contributed by atoms with van der Waals surface area (Å²) >= 11 is 0. The van der Waals surface area contributed by atoms with Gasteiger partial charge in [-0.25, -0.2) is 0 Å². The lowest BCUT2D eigenvalue weighted by molar-refractivity contribution is -0.129. The summed E-state index contributed by atoms with van der Waals surface area (Å²) in [6, 6.07) is 7.01. The molecule has 1 saturated carbocycles. The van der Waals surface area contributed by atoms with Crippen molar-refractivity contribution in [1.82, 2.24) is 15.6 Å². The fourth-order valence-corrected chi connectivity index (χ4v) is 3.61. The van der Waals surface area contributed by atoms with Crippen LogP contribution in [0.4, 0.5) is 0 Å². The van der Waals surface area contributed by atoms with E-state index in [-0.39, 0.29) is 11.8 Å². The lowest BCUT2D eigenvalue weighted by Gasteiger charge is -2.24. The van der Waals surface area contributed by atoms with E-state index in [2.05, 4.69) is 15.6 Å². The van der Waals surface area contributed by atoms with Crippen LogP contribution >= 0.6 is 0 Å². The second-order valence-electron chi connectivity index (χ2n) is 8.49. The van der Waals surface area contributed by atoms with Gasteiger partial charge in [0.15, 0.2) is 0 Å². The predicted octanol–water partition coefficient (Wildman–Crippen LogP) is 1.54. The lowest BCUT2D eigenvalue weighted by Crippen LogP contribution is -2.55. The maximum absolute atomic E-state index is 13.0. The van der Waals surface area contributed by atoms with Gasteiger partial charge in [-0.15, -0.1) is 0 Å². The molecule has 0 bridgehead atoms. The van der Waals surface area contributed by atoms with Crippen LogP contribution in [0.3, 0.4) is 0 Å². The van der Waals surface area contributed by atoms with Crippen molar-refractivity contribution in [3.05, 3.63) is 36.0 Å². The molecule has 2 atom stereocenters. The van der Waals surface area contributed by atoms with Gasteiger partial charge < -0.3 is 25.7 Å².